The van der Waals surface area contributed by atoms with Crippen molar-refractivity contribution < 1.29 is 13.2 Å². The average molecular weight is 287 g/mol. The van der Waals surface area contributed by atoms with Gasteiger partial charge in [0.15, 0.2) is 0 Å². The van der Waals surface area contributed by atoms with Crippen molar-refractivity contribution in [2.24, 2.45) is 0 Å². The zero-order valence-electron chi connectivity index (χ0n) is 10.8. The first-order valence-corrected chi connectivity index (χ1v) is 7.60. The van der Waals surface area contributed by atoms with Crippen LogP contribution in [0.2, 0.25) is 0 Å². The van der Waals surface area contributed by atoms with Gasteiger partial charge in [-0.1, -0.05) is 0 Å². The van der Waals surface area contributed by atoms with Gasteiger partial charge >= 0.3 is 0 Å². The molecule has 0 aliphatic heterocycles. The summed E-state index contributed by atoms with van der Waals surface area (Å²) >= 11 is 0. The van der Waals surface area contributed by atoms with Gasteiger partial charge in [0.1, 0.15) is 11.5 Å². The van der Waals surface area contributed by atoms with Crippen LogP contribution in [0.3, 0.4) is 0 Å². The van der Waals surface area contributed by atoms with Gasteiger partial charge in [0.05, 0.1) is 18.6 Å². The highest BCUT2D eigenvalue weighted by Crippen LogP contribution is 2.00. The molecule has 0 atom stereocenters. The predicted molar refractivity (Wildman–Crippen MR) is 71.4 cm³/mol. The topological polar surface area (TPSA) is 113 Å². The Morgan fingerprint density at radius 2 is 2.00 bits per heavy atom. The third-order valence-electron chi connectivity index (χ3n) is 2.02. The first-order valence-electron chi connectivity index (χ1n) is 5.71. The van der Waals surface area contributed by atoms with Crippen LogP contribution in [0, 0.1) is 0 Å². The fraction of sp³-hybridized carbons (Fsp3) is 0.500. The van der Waals surface area contributed by atoms with Gasteiger partial charge in [-0.05, 0) is 6.92 Å². The number of carbonyl (C=O) groups excluding carboxylic acids is 1. The quantitative estimate of drug-likeness (QED) is 0.565. The zero-order chi connectivity index (χ0) is 14.3. The highest BCUT2D eigenvalue weighted by atomic mass is 32.2. The predicted octanol–water partition coefficient (Wildman–Crippen LogP) is -0.813. The minimum atomic E-state index is -3.24. The molecule has 19 heavy (non-hydrogen) atoms. The molecule has 106 valence electrons. The van der Waals surface area contributed by atoms with E-state index in [0.717, 1.165) is 12.8 Å². The molecule has 0 aliphatic carbocycles. The lowest BCUT2D eigenvalue weighted by atomic mass is 10.4. The smallest absolute Gasteiger partial charge is 0.271 e. The summed E-state index contributed by atoms with van der Waals surface area (Å²) in [6.07, 6.45) is 3.88. The Bertz CT molecular complexity index is 514. The maximum atomic E-state index is 11.6. The summed E-state index contributed by atoms with van der Waals surface area (Å²) in [6.45, 7) is 2.96. The summed E-state index contributed by atoms with van der Waals surface area (Å²) < 4.78 is 23.8. The maximum Gasteiger partial charge on any atom is 0.271 e. The lowest BCUT2D eigenvalue weighted by Crippen LogP contribution is -2.34. The molecule has 8 nitrogen and oxygen atoms in total. The SMILES string of the molecule is CCNc1cnc(C(=O)NCCNS(C)(=O)=O)cn1. The molecule has 1 aromatic heterocycles. The molecule has 0 saturated heterocycles. The lowest BCUT2D eigenvalue weighted by Gasteiger charge is -2.06. The third kappa shape index (κ3) is 6.11. The molecule has 0 aromatic carbocycles. The highest BCUT2D eigenvalue weighted by Gasteiger charge is 2.07. The Morgan fingerprint density at radius 3 is 2.53 bits per heavy atom. The van der Waals surface area contributed by atoms with E-state index >= 15 is 0 Å². The van der Waals surface area contributed by atoms with Crippen LogP contribution in [-0.2, 0) is 10.0 Å². The summed E-state index contributed by atoms with van der Waals surface area (Å²) in [4.78, 5) is 19.6. The monoisotopic (exact) mass is 287 g/mol. The van der Waals surface area contributed by atoms with Gasteiger partial charge in [-0.2, -0.15) is 0 Å². The van der Waals surface area contributed by atoms with E-state index in [0.29, 0.717) is 5.82 Å². The molecule has 0 fully saturated rings. The fourth-order valence-electron chi connectivity index (χ4n) is 1.22. The number of sulfonamides is 1. The largest absolute Gasteiger partial charge is 0.369 e. The Labute approximate surface area is 112 Å². The molecule has 3 N–H and O–H groups in total. The normalized spacial score (nSPS) is 11.1. The number of aromatic nitrogens is 2. The standard InChI is InChI=1S/C10H17N5O3S/c1-3-11-9-7-13-8(6-14-9)10(16)12-4-5-15-19(2,17)18/h6-7,15H,3-5H2,1-2H3,(H,11,14)(H,12,16). The van der Waals surface area contributed by atoms with Crippen LogP contribution in [-0.4, -0.2) is 50.2 Å². The summed E-state index contributed by atoms with van der Waals surface area (Å²) in [5.74, 6) is 0.198. The van der Waals surface area contributed by atoms with Crippen molar-refractivity contribution in [3.8, 4) is 0 Å². The number of hydrogen-bond acceptors (Lipinski definition) is 6. The molecule has 0 unspecified atom stereocenters. The zero-order valence-corrected chi connectivity index (χ0v) is 11.6. The molecular weight excluding hydrogens is 270 g/mol. The average Bonchev–Trinajstić information content (AvgIpc) is 2.34. The number of hydrogen-bond donors (Lipinski definition) is 3. The van der Waals surface area contributed by atoms with Crippen LogP contribution in [0.5, 0.6) is 0 Å². The first-order chi connectivity index (χ1) is 8.92. The van der Waals surface area contributed by atoms with Crippen LogP contribution < -0.4 is 15.4 Å². The van der Waals surface area contributed by atoms with Gasteiger partial charge in [-0.25, -0.2) is 23.1 Å². The molecule has 1 rings (SSSR count). The molecule has 0 saturated carbocycles. The molecule has 1 aromatic rings. The molecule has 0 bridgehead atoms. The first kappa shape index (κ1) is 15.3. The fourth-order valence-corrected chi connectivity index (χ4v) is 1.69. The van der Waals surface area contributed by atoms with E-state index in [9.17, 15) is 13.2 Å². The van der Waals surface area contributed by atoms with Crippen molar-refractivity contribution in [3.05, 3.63) is 18.1 Å². The molecule has 1 amide bonds. The summed E-state index contributed by atoms with van der Waals surface area (Å²) in [7, 11) is -3.24. The Morgan fingerprint density at radius 1 is 1.26 bits per heavy atom. The van der Waals surface area contributed by atoms with E-state index in [1.54, 1.807) is 0 Å². The van der Waals surface area contributed by atoms with Crippen molar-refractivity contribution in [2.45, 2.75) is 6.92 Å². The van der Waals surface area contributed by atoms with E-state index in [1.165, 1.54) is 12.4 Å². The van der Waals surface area contributed by atoms with Crippen molar-refractivity contribution in [2.75, 3.05) is 31.2 Å². The van der Waals surface area contributed by atoms with Gasteiger partial charge in [-0.15, -0.1) is 0 Å². The van der Waals surface area contributed by atoms with Crippen LogP contribution in [0.1, 0.15) is 17.4 Å². The van der Waals surface area contributed by atoms with E-state index in [4.69, 9.17) is 0 Å². The summed E-state index contributed by atoms with van der Waals surface area (Å²) in [5.41, 5.74) is 0.181. The van der Waals surface area contributed by atoms with Crippen molar-refractivity contribution in [3.63, 3.8) is 0 Å². The Balaban J connectivity index is 2.41. The van der Waals surface area contributed by atoms with Crippen molar-refractivity contribution in [1.29, 1.82) is 0 Å². The number of anilines is 1. The van der Waals surface area contributed by atoms with Crippen LogP contribution in [0.15, 0.2) is 12.4 Å². The van der Waals surface area contributed by atoms with Crippen molar-refractivity contribution >= 4 is 21.7 Å². The van der Waals surface area contributed by atoms with Gasteiger partial charge < -0.3 is 10.6 Å². The summed E-state index contributed by atoms with van der Waals surface area (Å²) in [6, 6.07) is 0. The van der Waals surface area contributed by atoms with E-state index < -0.39 is 15.9 Å². The number of rotatable bonds is 7. The number of amides is 1. The number of carbonyl (C=O) groups is 1. The van der Waals surface area contributed by atoms with E-state index in [1.807, 2.05) is 6.92 Å². The van der Waals surface area contributed by atoms with Gasteiger partial charge in [0, 0.05) is 19.6 Å². The van der Waals surface area contributed by atoms with Crippen LogP contribution in [0.25, 0.3) is 0 Å². The number of nitrogens with one attached hydrogen (secondary N) is 3. The molecule has 1 heterocycles. The molecular formula is C10H17N5O3S. The molecule has 9 heteroatoms. The van der Waals surface area contributed by atoms with Crippen LogP contribution >= 0.6 is 0 Å². The van der Waals surface area contributed by atoms with Crippen LogP contribution in [0.4, 0.5) is 5.82 Å². The second-order valence-corrected chi connectivity index (χ2v) is 5.57. The van der Waals surface area contributed by atoms with Gasteiger partial charge in [-0.3, -0.25) is 4.79 Å². The van der Waals surface area contributed by atoms with E-state index in [-0.39, 0.29) is 18.8 Å². The highest BCUT2D eigenvalue weighted by molar-refractivity contribution is 7.88. The van der Waals surface area contributed by atoms with E-state index in [2.05, 4.69) is 25.3 Å². The summed E-state index contributed by atoms with van der Waals surface area (Å²) in [5, 5.41) is 5.49. The molecule has 0 spiro atoms. The minimum absolute atomic E-state index is 0.132. The Kier molecular flexibility index (Phi) is 5.64. The maximum absolute atomic E-state index is 11.6. The minimum Gasteiger partial charge on any atom is -0.369 e. The third-order valence-corrected chi connectivity index (χ3v) is 2.75. The van der Waals surface area contributed by atoms with Gasteiger partial charge in [0.25, 0.3) is 5.91 Å². The van der Waals surface area contributed by atoms with Gasteiger partial charge in [0.2, 0.25) is 10.0 Å². The second-order valence-electron chi connectivity index (χ2n) is 3.74. The molecule has 0 aliphatic rings. The Hall–Kier alpha value is -1.74. The molecule has 0 radical (unpaired) electrons. The van der Waals surface area contributed by atoms with Crippen molar-refractivity contribution in [1.82, 2.24) is 20.0 Å². The lowest BCUT2D eigenvalue weighted by molar-refractivity contribution is 0.0949. The second kappa shape index (κ2) is 7.00. The number of nitrogens with zero attached hydrogens (tertiary/aromatic N) is 2.